The van der Waals surface area contributed by atoms with Crippen LogP contribution in [-0.2, 0) is 8.91 Å². The summed E-state index contributed by atoms with van der Waals surface area (Å²) in [6.45, 7) is 3.40. The van der Waals surface area contributed by atoms with Crippen LogP contribution in [0.5, 0.6) is 0 Å². The van der Waals surface area contributed by atoms with Gasteiger partial charge in [-0.15, -0.1) is 0 Å². The molecule has 0 aromatic heterocycles. The average molecular weight is 174 g/mol. The van der Waals surface area contributed by atoms with E-state index in [9.17, 15) is 4.79 Å². The molecule has 0 heterocycles. The molecule has 0 saturated carbocycles. The maximum atomic E-state index is 10.6. The summed E-state index contributed by atoms with van der Waals surface area (Å²) >= 11 is 0. The zero-order chi connectivity index (χ0) is 7.82. The molecule has 0 aliphatic rings. The first-order chi connectivity index (χ1) is 4.81. The lowest BCUT2D eigenvalue weighted by Gasteiger charge is -1.95. The Bertz CT molecular complexity index is 114. The van der Waals surface area contributed by atoms with Gasteiger partial charge in [0.05, 0.1) is 0 Å². The van der Waals surface area contributed by atoms with Crippen molar-refractivity contribution in [2.24, 2.45) is 0 Å². The van der Waals surface area contributed by atoms with Gasteiger partial charge in [0.2, 0.25) is 0 Å². The van der Waals surface area contributed by atoms with Gasteiger partial charge >= 0.3 is 0 Å². The molecule has 58 valence electrons. The summed E-state index contributed by atoms with van der Waals surface area (Å²) < 4.78 is 5.10. The highest BCUT2D eigenvalue weighted by Gasteiger charge is 1.94. The maximum Gasteiger partial charge on any atom is 0.155 e. The molecule has 0 aliphatic carbocycles. The lowest BCUT2D eigenvalue weighted by atomic mass is 10.2. The van der Waals surface area contributed by atoms with Crippen LogP contribution in [0.15, 0.2) is 12.7 Å². The summed E-state index contributed by atoms with van der Waals surface area (Å²) in [6.07, 6.45) is 3.03. The van der Waals surface area contributed by atoms with Crippen molar-refractivity contribution in [3.8, 4) is 0 Å². The molecule has 0 spiro atoms. The molecule has 0 N–H and O–H groups in total. The minimum absolute atomic E-state index is 0.155. The van der Waals surface area contributed by atoms with Crippen molar-refractivity contribution in [2.45, 2.75) is 18.9 Å². The van der Waals surface area contributed by atoms with Crippen molar-refractivity contribution >= 4 is 26.0 Å². The van der Waals surface area contributed by atoms with Crippen LogP contribution < -0.4 is 0 Å². The van der Waals surface area contributed by atoms with Crippen LogP contribution in [0.4, 0.5) is 0 Å². The lowest BCUT2D eigenvalue weighted by molar-refractivity contribution is -0.114. The average Bonchev–Trinajstić information content (AvgIpc) is 1.98. The lowest BCUT2D eigenvalue weighted by Crippen LogP contribution is -1.96. The smallest absolute Gasteiger partial charge is 0.155 e. The summed E-state index contributed by atoms with van der Waals surface area (Å²) in [5.74, 6) is 0.155. The second-order valence-corrected chi connectivity index (χ2v) is 5.55. The second kappa shape index (κ2) is 6.92. The van der Waals surface area contributed by atoms with Crippen molar-refractivity contribution in [2.75, 3.05) is 0 Å². The van der Waals surface area contributed by atoms with Gasteiger partial charge in [-0.05, 0) is 18.5 Å². The van der Waals surface area contributed by atoms with Gasteiger partial charge in [0.1, 0.15) is 20.2 Å². The van der Waals surface area contributed by atoms with E-state index >= 15 is 0 Å². The van der Waals surface area contributed by atoms with Crippen LogP contribution in [-0.4, -0.2) is 26.0 Å². The topological polar surface area (TPSA) is 26.3 Å². The first-order valence-electron chi connectivity index (χ1n) is 3.45. The Balaban J connectivity index is 3.03. The molecule has 0 aliphatic heterocycles. The van der Waals surface area contributed by atoms with Gasteiger partial charge in [0, 0.05) is 6.42 Å². The first-order valence-corrected chi connectivity index (χ1v) is 5.85. The molecule has 0 aromatic carbocycles. The van der Waals surface area contributed by atoms with Crippen LogP contribution in [0.25, 0.3) is 0 Å². The third-order valence-corrected chi connectivity index (χ3v) is 3.67. The third kappa shape index (κ3) is 5.93. The van der Waals surface area contributed by atoms with Gasteiger partial charge in [-0.25, -0.2) is 0 Å². The van der Waals surface area contributed by atoms with Crippen molar-refractivity contribution in [1.29, 1.82) is 0 Å². The SMILES string of the molecule is C=CC(=O)CCC[SiH2]O[SiH3]. The highest BCUT2D eigenvalue weighted by atomic mass is 28.3. The Kier molecular flexibility index (Phi) is 6.78. The molecule has 2 nitrogen and oxygen atoms in total. The van der Waals surface area contributed by atoms with E-state index in [4.69, 9.17) is 4.12 Å². The van der Waals surface area contributed by atoms with Crippen molar-refractivity contribution in [1.82, 2.24) is 0 Å². The number of carbonyl (C=O) groups is 1. The summed E-state index contributed by atoms with van der Waals surface area (Å²) in [6, 6.07) is 1.13. The highest BCUT2D eigenvalue weighted by Crippen LogP contribution is 1.96. The maximum absolute atomic E-state index is 10.6. The van der Waals surface area contributed by atoms with E-state index in [1.54, 1.807) is 0 Å². The summed E-state index contributed by atoms with van der Waals surface area (Å²) in [5.41, 5.74) is 0. The van der Waals surface area contributed by atoms with E-state index in [0.717, 1.165) is 23.0 Å². The highest BCUT2D eigenvalue weighted by molar-refractivity contribution is 6.34. The molecule has 0 radical (unpaired) electrons. The molecular formula is C6H14O2Si2. The molecule has 4 heteroatoms. The predicted molar refractivity (Wildman–Crippen MR) is 48.8 cm³/mol. The Morgan fingerprint density at radius 3 is 3.00 bits per heavy atom. The fourth-order valence-corrected chi connectivity index (χ4v) is 2.26. The van der Waals surface area contributed by atoms with Gasteiger partial charge in [-0.1, -0.05) is 6.58 Å². The number of hydrogen-bond donors (Lipinski definition) is 0. The molecule has 0 bridgehead atoms. The van der Waals surface area contributed by atoms with Crippen LogP contribution in [0.2, 0.25) is 6.04 Å². The van der Waals surface area contributed by atoms with Crippen LogP contribution >= 0.6 is 0 Å². The molecule has 0 unspecified atom stereocenters. The summed E-state index contributed by atoms with van der Waals surface area (Å²) in [4.78, 5) is 10.6. The first kappa shape index (κ1) is 9.80. The Labute approximate surface area is 67.1 Å². The van der Waals surface area contributed by atoms with Gasteiger partial charge in [0.25, 0.3) is 0 Å². The standard InChI is InChI=1S/C6H14O2Si2/c1-2-6(7)4-3-5-10-8-9/h2H,1,3-5,10H2,9H3. The Hall–Kier alpha value is -0.196. The van der Waals surface area contributed by atoms with E-state index in [-0.39, 0.29) is 15.5 Å². The minimum atomic E-state index is -0.254. The van der Waals surface area contributed by atoms with E-state index in [0.29, 0.717) is 6.42 Å². The molecule has 10 heavy (non-hydrogen) atoms. The van der Waals surface area contributed by atoms with Crippen LogP contribution in [0.1, 0.15) is 12.8 Å². The van der Waals surface area contributed by atoms with Crippen molar-refractivity contribution < 1.29 is 8.91 Å². The fourth-order valence-electron chi connectivity index (χ4n) is 0.648. The van der Waals surface area contributed by atoms with Gasteiger partial charge < -0.3 is 4.12 Å². The molecule has 0 saturated heterocycles. The number of rotatable bonds is 6. The van der Waals surface area contributed by atoms with E-state index in [1.807, 2.05) is 0 Å². The fraction of sp³-hybridized carbons (Fsp3) is 0.500. The van der Waals surface area contributed by atoms with Crippen molar-refractivity contribution in [3.63, 3.8) is 0 Å². The minimum Gasteiger partial charge on any atom is -0.468 e. The van der Waals surface area contributed by atoms with E-state index in [2.05, 4.69) is 6.58 Å². The monoisotopic (exact) mass is 174 g/mol. The number of hydrogen-bond acceptors (Lipinski definition) is 2. The normalized spacial score (nSPS) is 10.8. The van der Waals surface area contributed by atoms with Crippen LogP contribution in [0.3, 0.4) is 0 Å². The van der Waals surface area contributed by atoms with Crippen molar-refractivity contribution in [3.05, 3.63) is 12.7 Å². The zero-order valence-electron chi connectivity index (χ0n) is 6.43. The number of ketones is 1. The molecule has 0 amide bonds. The predicted octanol–water partition coefficient (Wildman–Crippen LogP) is -0.679. The summed E-state index contributed by atoms with van der Waals surface area (Å²) in [7, 11) is 0.606. The van der Waals surface area contributed by atoms with Gasteiger partial charge in [-0.3, -0.25) is 4.79 Å². The molecular weight excluding hydrogens is 160 g/mol. The largest absolute Gasteiger partial charge is 0.468 e. The molecule has 0 aromatic rings. The number of carbonyl (C=O) groups excluding carboxylic acids is 1. The second-order valence-electron chi connectivity index (χ2n) is 2.12. The quantitative estimate of drug-likeness (QED) is 0.303. The summed E-state index contributed by atoms with van der Waals surface area (Å²) in [5, 5.41) is 0. The molecule has 0 fully saturated rings. The van der Waals surface area contributed by atoms with Gasteiger partial charge in [-0.2, -0.15) is 0 Å². The van der Waals surface area contributed by atoms with E-state index < -0.39 is 0 Å². The van der Waals surface area contributed by atoms with Crippen LogP contribution in [0, 0.1) is 0 Å². The zero-order valence-corrected chi connectivity index (χ0v) is 9.84. The Morgan fingerprint density at radius 1 is 1.80 bits per heavy atom. The molecule has 0 rings (SSSR count). The van der Waals surface area contributed by atoms with Gasteiger partial charge in [0.15, 0.2) is 5.78 Å². The number of allylic oxidation sites excluding steroid dienone is 1. The molecule has 0 atom stereocenters. The Morgan fingerprint density at radius 2 is 2.50 bits per heavy atom. The van der Waals surface area contributed by atoms with E-state index in [1.165, 1.54) is 6.08 Å². The third-order valence-electron chi connectivity index (χ3n) is 1.25.